The summed E-state index contributed by atoms with van der Waals surface area (Å²) in [6.45, 7) is 5.08. The maximum Gasteiger partial charge on any atom is 0.137 e. The second-order valence-corrected chi connectivity index (χ2v) is 6.90. The van der Waals surface area contributed by atoms with Gasteiger partial charge in [-0.1, -0.05) is 18.2 Å². The van der Waals surface area contributed by atoms with E-state index in [1.165, 1.54) is 5.69 Å². The summed E-state index contributed by atoms with van der Waals surface area (Å²) in [5.74, 6) is 0.832. The van der Waals surface area contributed by atoms with Crippen LogP contribution in [0.1, 0.15) is 11.3 Å². The van der Waals surface area contributed by atoms with Crippen LogP contribution in [0.4, 0.5) is 0 Å². The van der Waals surface area contributed by atoms with E-state index in [0.717, 1.165) is 60.9 Å². The first kappa shape index (κ1) is 18.0. The number of hydrogen-bond donors (Lipinski definition) is 2. The number of ether oxygens (including phenoxy) is 1. The van der Waals surface area contributed by atoms with E-state index >= 15 is 0 Å². The summed E-state index contributed by atoms with van der Waals surface area (Å²) < 4.78 is 7.59. The Morgan fingerprint density at radius 2 is 2.04 bits per heavy atom. The van der Waals surface area contributed by atoms with Gasteiger partial charge in [0.15, 0.2) is 0 Å². The van der Waals surface area contributed by atoms with Crippen molar-refractivity contribution in [2.45, 2.75) is 13.0 Å². The van der Waals surface area contributed by atoms with E-state index in [9.17, 15) is 5.11 Å². The molecular weight excluding hydrogens is 340 g/mol. The number of piperazine rings is 1. The number of hydrogen-bond acceptors (Lipinski definition) is 5. The lowest BCUT2D eigenvalue weighted by Gasteiger charge is -2.27. The van der Waals surface area contributed by atoms with Crippen molar-refractivity contribution in [2.24, 2.45) is 0 Å². The van der Waals surface area contributed by atoms with Gasteiger partial charge in [0.05, 0.1) is 18.5 Å². The largest absolute Gasteiger partial charge is 0.497 e. The fraction of sp³-hybridized carbons (Fsp3) is 0.381. The van der Waals surface area contributed by atoms with E-state index in [2.05, 4.69) is 26.9 Å². The number of aromatic nitrogens is 2. The molecule has 1 aromatic carbocycles. The predicted molar refractivity (Wildman–Crippen MR) is 106 cm³/mol. The smallest absolute Gasteiger partial charge is 0.137 e. The van der Waals surface area contributed by atoms with Gasteiger partial charge in [0.1, 0.15) is 11.4 Å². The third kappa shape index (κ3) is 3.83. The molecule has 27 heavy (non-hydrogen) atoms. The van der Waals surface area contributed by atoms with E-state index in [0.29, 0.717) is 6.42 Å². The third-order valence-corrected chi connectivity index (χ3v) is 5.11. The molecule has 1 fully saturated rings. The monoisotopic (exact) mass is 366 g/mol. The molecule has 3 aromatic rings. The lowest BCUT2D eigenvalue weighted by molar-refractivity contribution is 0.230. The average Bonchev–Trinajstić information content (AvgIpc) is 3.07. The Labute approximate surface area is 159 Å². The van der Waals surface area contributed by atoms with Crippen molar-refractivity contribution in [2.75, 3.05) is 39.9 Å². The quantitative estimate of drug-likeness (QED) is 0.698. The van der Waals surface area contributed by atoms with Crippen LogP contribution in [0.3, 0.4) is 0 Å². The van der Waals surface area contributed by atoms with E-state index in [1.54, 1.807) is 7.11 Å². The minimum absolute atomic E-state index is 0.149. The van der Waals surface area contributed by atoms with Gasteiger partial charge in [0.25, 0.3) is 0 Å². The standard InChI is InChI=1S/C21H26N4O2/c1-27-18-4-2-3-17(13-18)21-19(15-24-10-8-22-9-11-24)25-14-16(7-12-26)5-6-20(25)23-21/h2-6,13-14,22,26H,7-12,15H2,1H3. The van der Waals surface area contributed by atoms with Crippen LogP contribution in [-0.2, 0) is 13.0 Å². The van der Waals surface area contributed by atoms with Gasteiger partial charge in [-0.05, 0) is 30.2 Å². The molecule has 0 spiro atoms. The van der Waals surface area contributed by atoms with Crippen molar-refractivity contribution >= 4 is 5.65 Å². The molecule has 142 valence electrons. The highest BCUT2D eigenvalue weighted by Crippen LogP contribution is 2.29. The first-order valence-corrected chi connectivity index (χ1v) is 9.46. The first-order chi connectivity index (χ1) is 13.3. The van der Waals surface area contributed by atoms with Gasteiger partial charge in [-0.3, -0.25) is 4.90 Å². The number of nitrogens with one attached hydrogen (secondary N) is 1. The minimum Gasteiger partial charge on any atom is -0.497 e. The lowest BCUT2D eigenvalue weighted by Crippen LogP contribution is -2.43. The maximum absolute atomic E-state index is 9.31. The van der Waals surface area contributed by atoms with Gasteiger partial charge in [0, 0.05) is 51.1 Å². The molecule has 0 aliphatic carbocycles. The number of rotatable bonds is 6. The highest BCUT2D eigenvalue weighted by molar-refractivity contribution is 5.68. The number of fused-ring (bicyclic) bond motifs is 1. The van der Waals surface area contributed by atoms with E-state index < -0.39 is 0 Å². The highest BCUT2D eigenvalue weighted by atomic mass is 16.5. The van der Waals surface area contributed by atoms with Gasteiger partial charge < -0.3 is 19.6 Å². The summed E-state index contributed by atoms with van der Waals surface area (Å²) >= 11 is 0. The molecule has 3 heterocycles. The number of nitrogens with zero attached hydrogens (tertiary/aromatic N) is 3. The van der Waals surface area contributed by atoms with Crippen LogP contribution in [0.5, 0.6) is 5.75 Å². The van der Waals surface area contributed by atoms with Crippen LogP contribution in [-0.4, -0.2) is 59.3 Å². The molecule has 0 radical (unpaired) electrons. The summed E-state index contributed by atoms with van der Waals surface area (Å²) in [5.41, 5.74) is 5.28. The van der Waals surface area contributed by atoms with Crippen molar-refractivity contribution in [3.63, 3.8) is 0 Å². The van der Waals surface area contributed by atoms with Gasteiger partial charge in [-0.2, -0.15) is 0 Å². The van der Waals surface area contributed by atoms with Crippen LogP contribution in [0.15, 0.2) is 42.6 Å². The molecule has 1 aliphatic rings. The number of pyridine rings is 1. The molecule has 0 amide bonds. The fourth-order valence-electron chi connectivity index (χ4n) is 3.65. The summed E-state index contributed by atoms with van der Waals surface area (Å²) in [4.78, 5) is 7.39. The Hall–Kier alpha value is -2.41. The normalized spacial score (nSPS) is 15.3. The minimum atomic E-state index is 0.149. The first-order valence-electron chi connectivity index (χ1n) is 9.46. The average molecular weight is 366 g/mol. The molecule has 0 saturated carbocycles. The van der Waals surface area contributed by atoms with Gasteiger partial charge in [-0.25, -0.2) is 4.98 Å². The zero-order valence-corrected chi connectivity index (χ0v) is 15.7. The molecular formula is C21H26N4O2. The van der Waals surface area contributed by atoms with E-state index in [4.69, 9.17) is 9.72 Å². The van der Waals surface area contributed by atoms with Gasteiger partial charge in [0.2, 0.25) is 0 Å². The Bertz CT molecular complexity index is 916. The van der Waals surface area contributed by atoms with Crippen molar-refractivity contribution < 1.29 is 9.84 Å². The molecule has 2 N–H and O–H groups in total. The highest BCUT2D eigenvalue weighted by Gasteiger charge is 2.19. The van der Waals surface area contributed by atoms with Crippen LogP contribution >= 0.6 is 0 Å². The zero-order valence-electron chi connectivity index (χ0n) is 15.7. The number of aliphatic hydroxyl groups excluding tert-OH is 1. The molecule has 0 bridgehead atoms. The molecule has 0 unspecified atom stereocenters. The second-order valence-electron chi connectivity index (χ2n) is 6.90. The van der Waals surface area contributed by atoms with Crippen molar-refractivity contribution in [3.05, 3.63) is 53.9 Å². The third-order valence-electron chi connectivity index (χ3n) is 5.11. The van der Waals surface area contributed by atoms with Gasteiger partial charge in [-0.15, -0.1) is 0 Å². The summed E-state index contributed by atoms with van der Waals surface area (Å²) in [5, 5.41) is 12.7. The molecule has 1 saturated heterocycles. The summed E-state index contributed by atoms with van der Waals surface area (Å²) in [6.07, 6.45) is 2.76. The van der Waals surface area contributed by atoms with Gasteiger partial charge >= 0.3 is 0 Å². The molecule has 0 atom stereocenters. The Balaban J connectivity index is 1.81. The summed E-state index contributed by atoms with van der Waals surface area (Å²) in [6, 6.07) is 12.2. The number of benzene rings is 1. The molecule has 6 heteroatoms. The molecule has 1 aliphatic heterocycles. The second kappa shape index (κ2) is 8.08. The maximum atomic E-state index is 9.31. The Kier molecular flexibility index (Phi) is 5.38. The predicted octanol–water partition coefficient (Wildman–Crippen LogP) is 1.95. The van der Waals surface area contributed by atoms with E-state index in [-0.39, 0.29) is 6.61 Å². The number of methoxy groups -OCH3 is 1. The van der Waals surface area contributed by atoms with Crippen LogP contribution < -0.4 is 10.1 Å². The number of aliphatic hydroxyl groups is 1. The molecule has 2 aromatic heterocycles. The zero-order chi connectivity index (χ0) is 18.6. The Morgan fingerprint density at radius 1 is 1.19 bits per heavy atom. The fourth-order valence-corrected chi connectivity index (χ4v) is 3.65. The molecule has 4 rings (SSSR count). The molecule has 6 nitrogen and oxygen atoms in total. The van der Waals surface area contributed by atoms with Crippen molar-refractivity contribution in [3.8, 4) is 17.0 Å². The number of imidazole rings is 1. The topological polar surface area (TPSA) is 62.0 Å². The lowest BCUT2D eigenvalue weighted by atomic mass is 10.1. The van der Waals surface area contributed by atoms with Crippen molar-refractivity contribution in [1.29, 1.82) is 0 Å². The Morgan fingerprint density at radius 3 is 2.81 bits per heavy atom. The van der Waals surface area contributed by atoms with Crippen LogP contribution in [0.2, 0.25) is 0 Å². The summed E-state index contributed by atoms with van der Waals surface area (Å²) in [7, 11) is 1.69. The SMILES string of the molecule is COc1cccc(-c2nc3ccc(CCO)cn3c2CN2CCNCC2)c1. The van der Waals surface area contributed by atoms with Crippen LogP contribution in [0, 0.1) is 0 Å². The van der Waals surface area contributed by atoms with Crippen molar-refractivity contribution in [1.82, 2.24) is 19.6 Å². The van der Waals surface area contributed by atoms with E-state index in [1.807, 2.05) is 30.3 Å². The van der Waals surface area contributed by atoms with Crippen LogP contribution in [0.25, 0.3) is 16.9 Å².